The molecule has 0 radical (unpaired) electrons. The van der Waals surface area contributed by atoms with Crippen LogP contribution < -0.4 is 14.8 Å². The fraction of sp³-hybridized carbons (Fsp3) is 0.565. The van der Waals surface area contributed by atoms with E-state index in [2.05, 4.69) is 20.4 Å². The molecule has 0 aliphatic carbocycles. The molecule has 2 aliphatic heterocycles. The van der Waals surface area contributed by atoms with Crippen LogP contribution in [0.4, 0.5) is 0 Å². The SMILES string of the molecule is O=C(O)CC(Cc1nc(CCCCNC2=NCCCCC2)no1)c1ccc2c(c1)OCO2. The number of aryl methyl sites for hydroxylation is 1. The summed E-state index contributed by atoms with van der Waals surface area (Å²) in [5.41, 5.74) is 0.851. The normalized spacial score (nSPS) is 16.3. The molecule has 32 heavy (non-hydrogen) atoms. The van der Waals surface area contributed by atoms with Gasteiger partial charge < -0.3 is 24.4 Å². The Balaban J connectivity index is 1.27. The van der Waals surface area contributed by atoms with Crippen LogP contribution in [0.2, 0.25) is 0 Å². The van der Waals surface area contributed by atoms with E-state index >= 15 is 0 Å². The molecule has 0 spiro atoms. The Kier molecular flexibility index (Phi) is 7.58. The summed E-state index contributed by atoms with van der Waals surface area (Å²) in [6, 6.07) is 5.50. The van der Waals surface area contributed by atoms with Crippen molar-refractivity contribution in [1.29, 1.82) is 0 Å². The van der Waals surface area contributed by atoms with Gasteiger partial charge in [0.2, 0.25) is 12.7 Å². The van der Waals surface area contributed by atoms with Gasteiger partial charge in [-0.25, -0.2) is 0 Å². The van der Waals surface area contributed by atoms with Crippen LogP contribution in [0.25, 0.3) is 0 Å². The molecule has 0 saturated heterocycles. The molecule has 9 nitrogen and oxygen atoms in total. The van der Waals surface area contributed by atoms with Gasteiger partial charge in [-0.05, 0) is 43.4 Å². The van der Waals surface area contributed by atoms with Gasteiger partial charge >= 0.3 is 5.97 Å². The number of fused-ring (bicyclic) bond motifs is 1. The molecule has 2 aromatic rings. The summed E-state index contributed by atoms with van der Waals surface area (Å²) in [6.07, 6.45) is 7.71. The van der Waals surface area contributed by atoms with Crippen molar-refractivity contribution >= 4 is 11.8 Å². The van der Waals surface area contributed by atoms with Gasteiger partial charge in [0.25, 0.3) is 0 Å². The fourth-order valence-electron chi connectivity index (χ4n) is 4.03. The quantitative estimate of drug-likeness (QED) is 0.537. The van der Waals surface area contributed by atoms with Crippen molar-refractivity contribution in [2.24, 2.45) is 4.99 Å². The first-order valence-corrected chi connectivity index (χ1v) is 11.4. The molecule has 4 rings (SSSR count). The second kappa shape index (κ2) is 11.0. The zero-order valence-electron chi connectivity index (χ0n) is 18.2. The van der Waals surface area contributed by atoms with Crippen molar-refractivity contribution in [2.45, 2.75) is 63.7 Å². The average molecular weight is 443 g/mol. The number of benzene rings is 1. The smallest absolute Gasteiger partial charge is 0.303 e. The number of nitrogens with zero attached hydrogens (tertiary/aromatic N) is 3. The Labute approximate surface area is 187 Å². The second-order valence-corrected chi connectivity index (χ2v) is 8.24. The first kappa shape index (κ1) is 22.1. The summed E-state index contributed by atoms with van der Waals surface area (Å²) < 4.78 is 16.2. The van der Waals surface area contributed by atoms with Crippen molar-refractivity contribution in [3.63, 3.8) is 0 Å². The first-order valence-electron chi connectivity index (χ1n) is 11.4. The van der Waals surface area contributed by atoms with E-state index in [1.165, 1.54) is 19.3 Å². The molecular formula is C23H30N4O5. The predicted octanol–water partition coefficient (Wildman–Crippen LogP) is 3.48. The maximum Gasteiger partial charge on any atom is 0.303 e. The fourth-order valence-corrected chi connectivity index (χ4v) is 4.03. The minimum Gasteiger partial charge on any atom is -0.481 e. The van der Waals surface area contributed by atoms with Gasteiger partial charge in [0.05, 0.1) is 12.3 Å². The molecule has 2 N–H and O–H groups in total. The number of nitrogens with one attached hydrogen (secondary N) is 1. The number of hydrogen-bond acceptors (Lipinski definition) is 8. The Morgan fingerprint density at radius 1 is 1.16 bits per heavy atom. The molecule has 0 amide bonds. The highest BCUT2D eigenvalue weighted by atomic mass is 16.7. The standard InChI is InChI=1S/C23H30N4O5/c28-23(29)14-17(16-8-9-18-19(12-16)31-15-30-18)13-22-26-21(27-32-22)7-3-5-11-25-20-6-2-1-4-10-24-20/h8-9,12,17H,1-7,10-11,13-15H2,(H,24,25)(H,28,29). The predicted molar refractivity (Wildman–Crippen MR) is 117 cm³/mol. The molecule has 3 heterocycles. The van der Waals surface area contributed by atoms with Gasteiger partial charge in [-0.3, -0.25) is 9.79 Å². The van der Waals surface area contributed by atoms with Crippen LogP contribution in [0.5, 0.6) is 11.5 Å². The van der Waals surface area contributed by atoms with E-state index in [-0.39, 0.29) is 19.1 Å². The second-order valence-electron chi connectivity index (χ2n) is 8.24. The molecule has 9 heteroatoms. The van der Waals surface area contributed by atoms with Crippen molar-refractivity contribution in [3.8, 4) is 11.5 Å². The van der Waals surface area contributed by atoms with Gasteiger partial charge in [0.15, 0.2) is 17.3 Å². The van der Waals surface area contributed by atoms with E-state index < -0.39 is 5.97 Å². The molecule has 172 valence electrons. The number of carboxylic acids is 1. The third-order valence-corrected chi connectivity index (χ3v) is 5.75. The lowest BCUT2D eigenvalue weighted by Gasteiger charge is -2.13. The van der Waals surface area contributed by atoms with E-state index in [0.29, 0.717) is 29.6 Å². The molecule has 1 unspecified atom stereocenters. The molecule has 2 aliphatic rings. The van der Waals surface area contributed by atoms with Crippen molar-refractivity contribution in [3.05, 3.63) is 35.5 Å². The third-order valence-electron chi connectivity index (χ3n) is 5.75. The molecule has 1 atom stereocenters. The highest BCUT2D eigenvalue weighted by Crippen LogP contribution is 2.36. The number of hydrogen-bond donors (Lipinski definition) is 2. The number of ether oxygens (including phenoxy) is 2. The summed E-state index contributed by atoms with van der Waals surface area (Å²) in [5, 5.41) is 16.9. The Bertz CT molecular complexity index is 942. The number of carboxylic acid groups (broad SMARTS) is 1. The molecular weight excluding hydrogens is 412 g/mol. The van der Waals surface area contributed by atoms with Gasteiger partial charge in [-0.15, -0.1) is 0 Å². The minimum atomic E-state index is -0.877. The van der Waals surface area contributed by atoms with Crippen molar-refractivity contribution < 1.29 is 23.9 Å². The number of carbonyl (C=O) groups is 1. The van der Waals surface area contributed by atoms with Crippen molar-refractivity contribution in [2.75, 3.05) is 19.9 Å². The van der Waals surface area contributed by atoms with Gasteiger partial charge in [0.1, 0.15) is 0 Å². The van der Waals surface area contributed by atoms with E-state index in [1.807, 2.05) is 12.1 Å². The summed E-state index contributed by atoms with van der Waals surface area (Å²) in [6.45, 7) is 2.01. The number of aliphatic imine (C=N–C) groups is 1. The zero-order chi connectivity index (χ0) is 22.2. The first-order chi connectivity index (χ1) is 15.7. The van der Waals surface area contributed by atoms with Crippen LogP contribution in [-0.2, 0) is 17.6 Å². The number of amidine groups is 1. The number of aromatic nitrogens is 2. The lowest BCUT2D eigenvalue weighted by Crippen LogP contribution is -2.24. The monoisotopic (exact) mass is 442 g/mol. The maximum atomic E-state index is 11.4. The lowest BCUT2D eigenvalue weighted by molar-refractivity contribution is -0.137. The van der Waals surface area contributed by atoms with Crippen LogP contribution >= 0.6 is 0 Å². The number of rotatable bonds is 10. The maximum absolute atomic E-state index is 11.4. The third kappa shape index (κ3) is 6.21. The van der Waals surface area contributed by atoms with Crippen LogP contribution in [0.1, 0.15) is 68.1 Å². The van der Waals surface area contributed by atoms with E-state index in [0.717, 1.165) is 50.2 Å². The summed E-state index contributed by atoms with van der Waals surface area (Å²) in [4.78, 5) is 20.5. The Morgan fingerprint density at radius 2 is 2.06 bits per heavy atom. The Hall–Kier alpha value is -3.10. The highest BCUT2D eigenvalue weighted by Gasteiger charge is 2.23. The lowest BCUT2D eigenvalue weighted by atomic mass is 9.92. The average Bonchev–Trinajstić information content (AvgIpc) is 3.35. The summed E-state index contributed by atoms with van der Waals surface area (Å²) >= 11 is 0. The topological polar surface area (TPSA) is 119 Å². The molecule has 1 aromatic heterocycles. The van der Waals surface area contributed by atoms with Gasteiger partial charge in [-0.2, -0.15) is 4.98 Å². The molecule has 1 aromatic carbocycles. The summed E-state index contributed by atoms with van der Waals surface area (Å²) in [5.74, 6) is 2.38. The van der Waals surface area contributed by atoms with Crippen LogP contribution in [0.15, 0.2) is 27.7 Å². The van der Waals surface area contributed by atoms with E-state index in [4.69, 9.17) is 14.0 Å². The highest BCUT2D eigenvalue weighted by molar-refractivity contribution is 5.82. The van der Waals surface area contributed by atoms with Gasteiger partial charge in [-0.1, -0.05) is 17.6 Å². The molecule has 0 saturated carbocycles. The number of aliphatic carboxylic acids is 1. The van der Waals surface area contributed by atoms with E-state index in [1.54, 1.807) is 6.07 Å². The van der Waals surface area contributed by atoms with Gasteiger partial charge in [0, 0.05) is 38.3 Å². The minimum absolute atomic E-state index is 0.0348. The molecule has 0 bridgehead atoms. The van der Waals surface area contributed by atoms with Crippen molar-refractivity contribution in [1.82, 2.24) is 15.5 Å². The summed E-state index contributed by atoms with van der Waals surface area (Å²) in [7, 11) is 0. The largest absolute Gasteiger partial charge is 0.481 e. The van der Waals surface area contributed by atoms with Crippen LogP contribution in [0, 0.1) is 0 Å². The van der Waals surface area contributed by atoms with E-state index in [9.17, 15) is 9.90 Å². The van der Waals surface area contributed by atoms with Crippen LogP contribution in [-0.4, -0.2) is 46.9 Å². The zero-order valence-corrected chi connectivity index (χ0v) is 18.2. The Morgan fingerprint density at radius 3 is 2.97 bits per heavy atom. The van der Waals surface area contributed by atoms with Crippen LogP contribution in [0.3, 0.4) is 0 Å². The molecule has 0 fully saturated rings. The number of unbranched alkanes of at least 4 members (excludes halogenated alkanes) is 1.